The van der Waals surface area contributed by atoms with Crippen molar-refractivity contribution in [2.75, 3.05) is 0 Å². The molecule has 0 amide bonds. The number of carboxylic acid groups (broad SMARTS) is 1. The molecule has 0 radical (unpaired) electrons. The van der Waals surface area contributed by atoms with Crippen LogP contribution in [0.4, 0.5) is 0 Å². The van der Waals surface area contributed by atoms with Crippen LogP contribution in [0.25, 0.3) is 0 Å². The number of hydrogen-bond acceptors (Lipinski definition) is 2. The first-order chi connectivity index (χ1) is 7.66. The van der Waals surface area contributed by atoms with Crippen LogP contribution < -0.4 is 0 Å². The second-order valence-electron chi connectivity index (χ2n) is 4.67. The summed E-state index contributed by atoms with van der Waals surface area (Å²) < 4.78 is 1.73. The number of carbonyl (C=O) groups is 1. The van der Waals surface area contributed by atoms with Gasteiger partial charge in [0.2, 0.25) is 0 Å². The molecular weight excluding hydrogens is 204 g/mol. The summed E-state index contributed by atoms with van der Waals surface area (Å²) in [5, 5.41) is 13.5. The van der Waals surface area contributed by atoms with Gasteiger partial charge in [0.05, 0.1) is 11.6 Å². The highest BCUT2D eigenvalue weighted by atomic mass is 16.4. The predicted octanol–water partition coefficient (Wildman–Crippen LogP) is 1.85. The molecule has 1 atom stereocenters. The van der Waals surface area contributed by atoms with E-state index < -0.39 is 5.97 Å². The Morgan fingerprint density at radius 3 is 2.81 bits per heavy atom. The van der Waals surface area contributed by atoms with Gasteiger partial charge in [-0.3, -0.25) is 9.48 Å². The van der Waals surface area contributed by atoms with Crippen molar-refractivity contribution in [3.63, 3.8) is 0 Å². The van der Waals surface area contributed by atoms with Crippen molar-refractivity contribution in [2.24, 2.45) is 18.9 Å². The fourth-order valence-corrected chi connectivity index (χ4v) is 2.61. The van der Waals surface area contributed by atoms with Gasteiger partial charge in [-0.05, 0) is 24.8 Å². The largest absolute Gasteiger partial charge is 0.481 e. The Labute approximate surface area is 95.3 Å². The number of rotatable bonds is 4. The van der Waals surface area contributed by atoms with Gasteiger partial charge >= 0.3 is 5.97 Å². The third-order valence-electron chi connectivity index (χ3n) is 3.48. The van der Waals surface area contributed by atoms with Gasteiger partial charge in [0.1, 0.15) is 0 Å². The maximum absolute atomic E-state index is 11.3. The highest BCUT2D eigenvalue weighted by Crippen LogP contribution is 2.33. The first kappa shape index (κ1) is 11.2. The number of aryl methyl sites for hydroxylation is 1. The van der Waals surface area contributed by atoms with Gasteiger partial charge in [-0.1, -0.05) is 12.8 Å². The molecule has 1 unspecified atom stereocenters. The highest BCUT2D eigenvalue weighted by Gasteiger charge is 2.30. The summed E-state index contributed by atoms with van der Waals surface area (Å²) in [5.41, 5.74) is 0.891. The topological polar surface area (TPSA) is 55.1 Å². The summed E-state index contributed by atoms with van der Waals surface area (Å²) >= 11 is 0. The molecule has 0 spiro atoms. The monoisotopic (exact) mass is 222 g/mol. The van der Waals surface area contributed by atoms with Gasteiger partial charge in [-0.15, -0.1) is 0 Å². The molecule has 1 aliphatic carbocycles. The molecule has 1 heterocycles. The summed E-state index contributed by atoms with van der Waals surface area (Å²) in [6, 6.07) is 1.91. The van der Waals surface area contributed by atoms with Gasteiger partial charge < -0.3 is 5.11 Å². The molecule has 4 heteroatoms. The van der Waals surface area contributed by atoms with E-state index >= 15 is 0 Å². The SMILES string of the molecule is Cn1ccc(CC(C(=O)O)C2CCCC2)n1. The summed E-state index contributed by atoms with van der Waals surface area (Å²) in [4.78, 5) is 11.3. The number of nitrogens with zero attached hydrogens (tertiary/aromatic N) is 2. The summed E-state index contributed by atoms with van der Waals surface area (Å²) in [7, 11) is 1.86. The minimum absolute atomic E-state index is 0.252. The Bertz CT molecular complexity index is 367. The molecule has 0 saturated heterocycles. The minimum Gasteiger partial charge on any atom is -0.481 e. The van der Waals surface area contributed by atoms with Crippen molar-refractivity contribution < 1.29 is 9.90 Å². The van der Waals surface area contributed by atoms with E-state index in [1.807, 2.05) is 19.3 Å². The van der Waals surface area contributed by atoms with Crippen LogP contribution in [0.3, 0.4) is 0 Å². The zero-order valence-electron chi connectivity index (χ0n) is 9.59. The first-order valence-electron chi connectivity index (χ1n) is 5.88. The van der Waals surface area contributed by atoms with Crippen LogP contribution in [0.15, 0.2) is 12.3 Å². The average Bonchev–Trinajstić information content (AvgIpc) is 2.84. The Balaban J connectivity index is 2.05. The molecule has 0 bridgehead atoms. The lowest BCUT2D eigenvalue weighted by molar-refractivity contribution is -0.143. The molecular formula is C12H18N2O2. The lowest BCUT2D eigenvalue weighted by atomic mass is 9.87. The quantitative estimate of drug-likeness (QED) is 0.845. The molecule has 16 heavy (non-hydrogen) atoms. The van der Waals surface area contributed by atoms with E-state index in [1.54, 1.807) is 4.68 Å². The van der Waals surface area contributed by atoms with E-state index in [-0.39, 0.29) is 5.92 Å². The summed E-state index contributed by atoms with van der Waals surface area (Å²) in [5.74, 6) is -0.575. The minimum atomic E-state index is -0.669. The summed E-state index contributed by atoms with van der Waals surface area (Å²) in [6.07, 6.45) is 6.91. The summed E-state index contributed by atoms with van der Waals surface area (Å²) in [6.45, 7) is 0. The van der Waals surface area contributed by atoms with Crippen LogP contribution in [0, 0.1) is 11.8 Å². The van der Waals surface area contributed by atoms with Crippen LogP contribution in [-0.2, 0) is 18.3 Å². The fraction of sp³-hybridized carbons (Fsp3) is 0.667. The first-order valence-corrected chi connectivity index (χ1v) is 5.88. The standard InChI is InChI=1S/C12H18N2O2/c1-14-7-6-10(13-14)8-11(12(15)16)9-4-2-3-5-9/h6-7,9,11H,2-5,8H2,1H3,(H,15,16). The second-order valence-corrected chi connectivity index (χ2v) is 4.67. The molecule has 1 fully saturated rings. The van der Waals surface area contributed by atoms with Crippen LogP contribution in [0.2, 0.25) is 0 Å². The van der Waals surface area contributed by atoms with Crippen molar-refractivity contribution in [2.45, 2.75) is 32.1 Å². The number of aliphatic carboxylic acids is 1. The van der Waals surface area contributed by atoms with E-state index in [0.29, 0.717) is 12.3 Å². The lowest BCUT2D eigenvalue weighted by Gasteiger charge is -2.17. The number of aromatic nitrogens is 2. The smallest absolute Gasteiger partial charge is 0.307 e. The molecule has 1 aromatic heterocycles. The lowest BCUT2D eigenvalue weighted by Crippen LogP contribution is -2.24. The third kappa shape index (κ3) is 2.43. The van der Waals surface area contributed by atoms with E-state index in [9.17, 15) is 9.90 Å². The van der Waals surface area contributed by atoms with Crippen molar-refractivity contribution >= 4 is 5.97 Å². The molecule has 1 aliphatic rings. The molecule has 2 rings (SSSR count). The van der Waals surface area contributed by atoms with Crippen molar-refractivity contribution in [1.82, 2.24) is 9.78 Å². The molecule has 0 aliphatic heterocycles. The average molecular weight is 222 g/mol. The van der Waals surface area contributed by atoms with Crippen molar-refractivity contribution in [3.05, 3.63) is 18.0 Å². The Kier molecular flexibility index (Phi) is 3.27. The maximum atomic E-state index is 11.3. The molecule has 1 saturated carbocycles. The van der Waals surface area contributed by atoms with Gasteiger partial charge in [0.15, 0.2) is 0 Å². The molecule has 4 nitrogen and oxygen atoms in total. The Hall–Kier alpha value is -1.32. The normalized spacial score (nSPS) is 18.8. The molecule has 88 valence electrons. The molecule has 1 aromatic rings. The number of hydrogen-bond donors (Lipinski definition) is 1. The van der Waals surface area contributed by atoms with Crippen LogP contribution in [-0.4, -0.2) is 20.9 Å². The zero-order valence-corrected chi connectivity index (χ0v) is 9.59. The van der Waals surface area contributed by atoms with E-state index in [2.05, 4.69) is 5.10 Å². The fourth-order valence-electron chi connectivity index (χ4n) is 2.61. The zero-order chi connectivity index (χ0) is 11.5. The Morgan fingerprint density at radius 1 is 1.62 bits per heavy atom. The van der Waals surface area contributed by atoms with E-state index in [0.717, 1.165) is 18.5 Å². The van der Waals surface area contributed by atoms with Crippen molar-refractivity contribution in [3.8, 4) is 0 Å². The molecule has 0 aromatic carbocycles. The third-order valence-corrected chi connectivity index (χ3v) is 3.48. The predicted molar refractivity (Wildman–Crippen MR) is 60.0 cm³/mol. The van der Waals surface area contributed by atoms with Gasteiger partial charge in [-0.25, -0.2) is 0 Å². The van der Waals surface area contributed by atoms with Gasteiger partial charge in [0.25, 0.3) is 0 Å². The molecule has 1 N–H and O–H groups in total. The van der Waals surface area contributed by atoms with Crippen LogP contribution in [0.1, 0.15) is 31.4 Å². The van der Waals surface area contributed by atoms with E-state index in [1.165, 1.54) is 12.8 Å². The van der Waals surface area contributed by atoms with Gasteiger partial charge in [-0.2, -0.15) is 5.10 Å². The van der Waals surface area contributed by atoms with Crippen LogP contribution >= 0.6 is 0 Å². The maximum Gasteiger partial charge on any atom is 0.307 e. The second kappa shape index (κ2) is 4.68. The van der Waals surface area contributed by atoms with Crippen molar-refractivity contribution in [1.29, 1.82) is 0 Å². The number of carboxylic acids is 1. The van der Waals surface area contributed by atoms with Crippen LogP contribution in [0.5, 0.6) is 0 Å². The van der Waals surface area contributed by atoms with E-state index in [4.69, 9.17) is 0 Å². The van der Waals surface area contributed by atoms with Gasteiger partial charge in [0, 0.05) is 19.7 Å². The Morgan fingerprint density at radius 2 is 2.31 bits per heavy atom. The highest BCUT2D eigenvalue weighted by molar-refractivity contribution is 5.70.